The monoisotopic (exact) mass is 773 g/mol. The van der Waals surface area contributed by atoms with Gasteiger partial charge in [-0.25, -0.2) is 0 Å². The predicted octanol–water partition coefficient (Wildman–Crippen LogP) is 10.3. The summed E-state index contributed by atoms with van der Waals surface area (Å²) in [4.78, 5) is 15.1. The number of rotatable bonds is 17. The van der Waals surface area contributed by atoms with E-state index in [1.807, 2.05) is 19.9 Å². The van der Waals surface area contributed by atoms with Gasteiger partial charge in [0.2, 0.25) is 0 Å². The first-order valence-electron chi connectivity index (χ1n) is 20.6. The molecule has 304 valence electrons. The Morgan fingerprint density at radius 3 is 1.93 bits per heavy atom. The molecular weight excluding hydrogens is 701 g/mol. The summed E-state index contributed by atoms with van der Waals surface area (Å²) >= 11 is 0. The lowest BCUT2D eigenvalue weighted by atomic mass is 9.70. The number of benzene rings is 3. The molecule has 0 aromatic heterocycles. The molecule has 0 bridgehead atoms. The number of hydrogen-bond donors (Lipinski definition) is 0. The van der Waals surface area contributed by atoms with Gasteiger partial charge in [0, 0.05) is 18.6 Å². The van der Waals surface area contributed by atoms with Crippen LogP contribution in [0.25, 0.3) is 0 Å². The minimum atomic E-state index is -2.67. The quantitative estimate of drug-likeness (QED) is 0.127. The summed E-state index contributed by atoms with van der Waals surface area (Å²) in [5, 5.41) is 2.51. The van der Waals surface area contributed by atoms with Crippen molar-refractivity contribution in [3.63, 3.8) is 0 Å². The Kier molecular flexibility index (Phi) is 16.1. The van der Waals surface area contributed by atoms with Crippen molar-refractivity contribution in [3.8, 4) is 0 Å². The molecule has 0 amide bonds. The van der Waals surface area contributed by atoms with Crippen LogP contribution >= 0.6 is 0 Å². The highest BCUT2D eigenvalue weighted by molar-refractivity contribution is 6.99. The Bertz CT molecular complexity index is 1520. The highest BCUT2D eigenvalue weighted by Gasteiger charge is 2.51. The minimum absolute atomic E-state index is 0. The second-order valence-corrected chi connectivity index (χ2v) is 22.2. The predicted molar refractivity (Wildman–Crippen MR) is 228 cm³/mol. The Morgan fingerprint density at radius 2 is 1.40 bits per heavy atom. The van der Waals surface area contributed by atoms with Crippen LogP contribution in [0.2, 0.25) is 5.04 Å². The number of ether oxygens (including phenoxy) is 4. The van der Waals surface area contributed by atoms with Crippen LogP contribution in [0, 0.1) is 17.3 Å². The summed E-state index contributed by atoms with van der Waals surface area (Å²) in [5.41, 5.74) is 0.394. The highest BCUT2D eigenvalue weighted by atomic mass is 28.4. The van der Waals surface area contributed by atoms with Crippen molar-refractivity contribution in [2.45, 2.75) is 157 Å². The van der Waals surface area contributed by atoms with E-state index in [0.29, 0.717) is 26.1 Å². The van der Waals surface area contributed by atoms with Gasteiger partial charge >= 0.3 is 0 Å². The van der Waals surface area contributed by atoms with E-state index in [1.54, 1.807) is 0 Å². The molecule has 5 rings (SSSR count). The Balaban J connectivity index is 0.00000673. The van der Waals surface area contributed by atoms with Crippen molar-refractivity contribution in [1.82, 2.24) is 0 Å². The maximum absolute atomic E-state index is 15.1. The largest absolute Gasteiger partial charge is 0.405 e. The van der Waals surface area contributed by atoms with E-state index in [-0.39, 0.29) is 54.7 Å². The zero-order chi connectivity index (χ0) is 39.0. The molecule has 3 aromatic carbocycles. The molecule has 2 heterocycles. The molecule has 0 aliphatic carbocycles. The molecule has 3 aromatic rings. The van der Waals surface area contributed by atoms with Crippen molar-refractivity contribution in [2.75, 3.05) is 13.2 Å². The van der Waals surface area contributed by atoms with Crippen LogP contribution in [0.3, 0.4) is 0 Å². The number of carbonyl (C=O) groups is 1. The zero-order valence-corrected chi connectivity index (χ0v) is 35.6. The Hall–Kier alpha value is -2.65. The van der Waals surface area contributed by atoms with E-state index < -0.39 is 19.5 Å². The SMILES string of the molecule is C.CC(CCC[C@H](C)C(OC1CCCCO1)[C@@H](Cc1ccccc1)C(=O)C(C)(C)[C@@H]1CCOC(C)(C)O1)O[Si](c1ccccc1)(c1ccccc1)C(C)(C)C. The molecule has 0 spiro atoms. The lowest BCUT2D eigenvalue weighted by Gasteiger charge is -2.45. The van der Waals surface area contributed by atoms with Gasteiger partial charge in [0.15, 0.2) is 12.1 Å². The third-order valence-corrected chi connectivity index (χ3v) is 17.0. The van der Waals surface area contributed by atoms with Crippen LogP contribution < -0.4 is 10.4 Å². The minimum Gasteiger partial charge on any atom is -0.405 e. The van der Waals surface area contributed by atoms with Crippen molar-refractivity contribution in [1.29, 1.82) is 0 Å². The number of hydrogen-bond acceptors (Lipinski definition) is 6. The van der Waals surface area contributed by atoms with Crippen LogP contribution in [-0.2, 0) is 34.6 Å². The Morgan fingerprint density at radius 1 is 0.818 bits per heavy atom. The molecule has 6 atom stereocenters. The number of carbonyl (C=O) groups excluding carboxylic acids is 1. The van der Waals surface area contributed by atoms with Gasteiger partial charge in [0.25, 0.3) is 8.32 Å². The molecule has 7 heteroatoms. The maximum Gasteiger partial charge on any atom is 0.261 e. The van der Waals surface area contributed by atoms with Gasteiger partial charge in [-0.15, -0.1) is 0 Å². The first kappa shape index (κ1) is 45.1. The fourth-order valence-corrected chi connectivity index (χ4v) is 13.5. The lowest BCUT2D eigenvalue weighted by Crippen LogP contribution is -2.67. The second kappa shape index (κ2) is 19.7. The molecule has 2 aliphatic rings. The summed E-state index contributed by atoms with van der Waals surface area (Å²) in [5.74, 6) is -0.814. The third kappa shape index (κ3) is 11.3. The average molecular weight is 773 g/mol. The summed E-state index contributed by atoms with van der Waals surface area (Å²) in [6, 6.07) is 32.2. The lowest BCUT2D eigenvalue weighted by molar-refractivity contribution is -0.289. The van der Waals surface area contributed by atoms with Gasteiger partial charge in [-0.2, -0.15) is 0 Å². The molecule has 0 saturated carbocycles. The van der Waals surface area contributed by atoms with Crippen LogP contribution in [0.1, 0.15) is 120 Å². The van der Waals surface area contributed by atoms with E-state index in [1.165, 1.54) is 10.4 Å². The van der Waals surface area contributed by atoms with E-state index in [9.17, 15) is 0 Å². The van der Waals surface area contributed by atoms with E-state index in [2.05, 4.69) is 133 Å². The first-order chi connectivity index (χ1) is 25.6. The molecule has 0 N–H and O–H groups in total. The molecule has 2 fully saturated rings. The van der Waals surface area contributed by atoms with Gasteiger partial charge in [0.05, 0.1) is 24.2 Å². The summed E-state index contributed by atoms with van der Waals surface area (Å²) < 4.78 is 33.0. The molecular formula is C48H72O6Si. The maximum atomic E-state index is 15.1. The van der Waals surface area contributed by atoms with E-state index in [0.717, 1.165) is 44.1 Å². The van der Waals surface area contributed by atoms with Crippen molar-refractivity contribution in [2.24, 2.45) is 17.3 Å². The highest BCUT2D eigenvalue weighted by Crippen LogP contribution is 2.41. The summed E-state index contributed by atoms with van der Waals surface area (Å²) in [6.45, 7) is 20.8. The van der Waals surface area contributed by atoms with Crippen molar-refractivity contribution in [3.05, 3.63) is 96.6 Å². The topological polar surface area (TPSA) is 63.2 Å². The fraction of sp³-hybridized carbons (Fsp3) is 0.604. The van der Waals surface area contributed by atoms with Gasteiger partial charge in [-0.1, -0.05) is 146 Å². The molecule has 55 heavy (non-hydrogen) atoms. The van der Waals surface area contributed by atoms with Crippen molar-refractivity contribution < 1.29 is 28.2 Å². The Labute approximate surface area is 335 Å². The van der Waals surface area contributed by atoms with Crippen LogP contribution in [-0.4, -0.2) is 57.7 Å². The fourth-order valence-electron chi connectivity index (χ4n) is 8.78. The molecule has 3 unspecified atom stereocenters. The first-order valence-corrected chi connectivity index (χ1v) is 22.5. The molecule has 6 nitrogen and oxygen atoms in total. The standard InChI is InChI=1S/C47H68O6Si.CH4/c1-35(22-21-23-36(2)53-54(45(3,4)5,38-26-15-11-16-27-38)39-28-17-12-18-29-39)43(51-42-30-19-20-32-49-42)40(34-37-24-13-10-14-25-37)44(48)46(6,7)41-31-33-50-47(8,9)52-41;/h10-18,24-29,35-36,40-43H,19-23,30-34H2,1-9H3;1H4/t35-,36?,40+,41-,42?,43?;/m0./s1. The van der Waals surface area contributed by atoms with Crippen molar-refractivity contribution >= 4 is 24.5 Å². The third-order valence-electron chi connectivity index (χ3n) is 11.8. The smallest absolute Gasteiger partial charge is 0.261 e. The average Bonchev–Trinajstić information content (AvgIpc) is 3.15. The second-order valence-electron chi connectivity index (χ2n) is 17.9. The zero-order valence-electron chi connectivity index (χ0n) is 34.6. The summed E-state index contributed by atoms with van der Waals surface area (Å²) in [6.07, 6.45) is 6.17. The summed E-state index contributed by atoms with van der Waals surface area (Å²) in [7, 11) is -2.67. The molecule has 2 saturated heterocycles. The van der Waals surface area contributed by atoms with Gasteiger partial charge in [0.1, 0.15) is 5.78 Å². The van der Waals surface area contributed by atoms with E-state index >= 15 is 4.79 Å². The number of ketones is 1. The van der Waals surface area contributed by atoms with Gasteiger partial charge in [-0.05, 0) is 92.6 Å². The molecule has 2 aliphatic heterocycles. The van der Waals surface area contributed by atoms with Crippen LogP contribution in [0.4, 0.5) is 0 Å². The normalized spacial score (nSPS) is 21.5. The van der Waals surface area contributed by atoms with Crippen LogP contribution in [0.5, 0.6) is 0 Å². The number of Topliss-reactive ketones (excluding diaryl/α,β-unsaturated/α-hetero) is 1. The van der Waals surface area contributed by atoms with E-state index in [4.69, 9.17) is 23.4 Å². The molecule has 0 radical (unpaired) electrons. The van der Waals surface area contributed by atoms with Gasteiger partial charge < -0.3 is 23.4 Å². The van der Waals surface area contributed by atoms with Crippen LogP contribution in [0.15, 0.2) is 91.0 Å². The van der Waals surface area contributed by atoms with Gasteiger partial charge in [-0.3, -0.25) is 4.79 Å².